The van der Waals surface area contributed by atoms with Crippen LogP contribution in [-0.2, 0) is 0 Å². The number of aryl methyl sites for hydroxylation is 1. The highest BCUT2D eigenvalue weighted by molar-refractivity contribution is 5.21. The molecule has 12 heavy (non-hydrogen) atoms. The van der Waals surface area contributed by atoms with E-state index in [2.05, 4.69) is 23.3 Å². The average molecular weight is 162 g/mol. The number of nitrogens with zero attached hydrogens (tertiary/aromatic N) is 1. The minimum atomic E-state index is 0.692. The van der Waals surface area contributed by atoms with Gasteiger partial charge >= 0.3 is 0 Å². The van der Waals surface area contributed by atoms with E-state index in [0.717, 1.165) is 13.1 Å². The predicted octanol–water partition coefficient (Wildman–Crippen LogP) is 1.47. The van der Waals surface area contributed by atoms with Crippen molar-refractivity contribution in [3.8, 4) is 0 Å². The second-order valence-electron chi connectivity index (χ2n) is 3.49. The molecule has 2 nitrogen and oxygen atoms in total. The van der Waals surface area contributed by atoms with E-state index in [-0.39, 0.29) is 0 Å². The molecule has 1 aromatic rings. The summed E-state index contributed by atoms with van der Waals surface area (Å²) in [5.74, 6) is 0.692. The fourth-order valence-corrected chi connectivity index (χ4v) is 1.74. The first kappa shape index (κ1) is 7.74. The zero-order chi connectivity index (χ0) is 8.39. The van der Waals surface area contributed by atoms with Crippen LogP contribution in [0.15, 0.2) is 18.5 Å². The summed E-state index contributed by atoms with van der Waals surface area (Å²) < 4.78 is 0. The van der Waals surface area contributed by atoms with Gasteiger partial charge < -0.3 is 5.32 Å². The van der Waals surface area contributed by atoms with E-state index >= 15 is 0 Å². The lowest BCUT2D eigenvalue weighted by Gasteiger charge is -2.07. The monoisotopic (exact) mass is 162 g/mol. The van der Waals surface area contributed by atoms with Crippen LogP contribution >= 0.6 is 0 Å². The van der Waals surface area contributed by atoms with Crippen LogP contribution in [0.3, 0.4) is 0 Å². The summed E-state index contributed by atoms with van der Waals surface area (Å²) in [5, 5.41) is 3.36. The molecule has 0 aliphatic carbocycles. The van der Waals surface area contributed by atoms with Crippen molar-refractivity contribution < 1.29 is 0 Å². The normalized spacial score (nSPS) is 22.9. The van der Waals surface area contributed by atoms with Crippen molar-refractivity contribution in [2.24, 2.45) is 0 Å². The lowest BCUT2D eigenvalue weighted by atomic mass is 9.99. The average Bonchev–Trinajstić information content (AvgIpc) is 2.56. The zero-order valence-corrected chi connectivity index (χ0v) is 7.38. The molecule has 64 valence electrons. The highest BCUT2D eigenvalue weighted by atomic mass is 14.9. The molecule has 1 saturated heterocycles. The maximum atomic E-state index is 4.20. The lowest BCUT2D eigenvalue weighted by Crippen LogP contribution is -2.08. The van der Waals surface area contributed by atoms with Gasteiger partial charge in [-0.05, 0) is 36.9 Å². The van der Waals surface area contributed by atoms with Crippen LogP contribution in [0, 0.1) is 6.92 Å². The van der Waals surface area contributed by atoms with Gasteiger partial charge in [-0.1, -0.05) is 6.07 Å². The van der Waals surface area contributed by atoms with Crippen molar-refractivity contribution in [1.82, 2.24) is 10.3 Å². The van der Waals surface area contributed by atoms with Crippen LogP contribution in [0.5, 0.6) is 0 Å². The molecule has 0 saturated carbocycles. The van der Waals surface area contributed by atoms with Gasteiger partial charge in [-0.3, -0.25) is 4.98 Å². The molecule has 1 aliphatic rings. The van der Waals surface area contributed by atoms with E-state index in [1.165, 1.54) is 17.5 Å². The number of hydrogen-bond acceptors (Lipinski definition) is 2. The van der Waals surface area contributed by atoms with Gasteiger partial charge in [0.25, 0.3) is 0 Å². The highest BCUT2D eigenvalue weighted by Crippen LogP contribution is 2.21. The summed E-state index contributed by atoms with van der Waals surface area (Å²) >= 11 is 0. The Morgan fingerprint density at radius 2 is 2.42 bits per heavy atom. The van der Waals surface area contributed by atoms with Crippen LogP contribution in [-0.4, -0.2) is 18.1 Å². The van der Waals surface area contributed by atoms with Gasteiger partial charge in [0.05, 0.1) is 0 Å². The minimum Gasteiger partial charge on any atom is -0.316 e. The third-order valence-electron chi connectivity index (χ3n) is 2.43. The summed E-state index contributed by atoms with van der Waals surface area (Å²) in [4.78, 5) is 4.20. The number of hydrogen-bond donors (Lipinski definition) is 1. The molecule has 1 N–H and O–H groups in total. The molecule has 1 atom stereocenters. The van der Waals surface area contributed by atoms with E-state index < -0.39 is 0 Å². The Balaban J connectivity index is 2.21. The molecule has 2 rings (SSSR count). The quantitative estimate of drug-likeness (QED) is 0.676. The molecule has 0 amide bonds. The fourth-order valence-electron chi connectivity index (χ4n) is 1.74. The maximum absolute atomic E-state index is 4.20. The van der Waals surface area contributed by atoms with Gasteiger partial charge in [-0.15, -0.1) is 0 Å². The summed E-state index contributed by atoms with van der Waals surface area (Å²) in [6.07, 6.45) is 5.15. The van der Waals surface area contributed by atoms with Crippen LogP contribution < -0.4 is 5.32 Å². The Labute approximate surface area is 73.0 Å². The Morgan fingerprint density at radius 1 is 1.50 bits per heavy atom. The maximum Gasteiger partial charge on any atom is 0.0303 e. The number of nitrogens with one attached hydrogen (secondary N) is 1. The summed E-state index contributed by atoms with van der Waals surface area (Å²) in [6.45, 7) is 4.36. The molecule has 0 radical (unpaired) electrons. The van der Waals surface area contributed by atoms with E-state index in [4.69, 9.17) is 0 Å². The Hall–Kier alpha value is -0.890. The molecule has 0 spiro atoms. The molecular formula is C10H14N2. The largest absolute Gasteiger partial charge is 0.316 e. The van der Waals surface area contributed by atoms with Crippen molar-refractivity contribution in [3.05, 3.63) is 29.6 Å². The lowest BCUT2D eigenvalue weighted by molar-refractivity contribution is 0.757. The first-order chi connectivity index (χ1) is 5.86. The van der Waals surface area contributed by atoms with Crippen LogP contribution in [0.2, 0.25) is 0 Å². The van der Waals surface area contributed by atoms with Gasteiger partial charge in [0.15, 0.2) is 0 Å². The SMILES string of the molecule is Cc1cncc(C2CCNC2)c1. The van der Waals surface area contributed by atoms with Gasteiger partial charge in [0.1, 0.15) is 0 Å². The topological polar surface area (TPSA) is 24.9 Å². The first-order valence-electron chi connectivity index (χ1n) is 4.48. The number of pyridine rings is 1. The molecule has 2 heteroatoms. The molecule has 1 aliphatic heterocycles. The van der Waals surface area contributed by atoms with Gasteiger partial charge in [0.2, 0.25) is 0 Å². The predicted molar refractivity (Wildman–Crippen MR) is 49.2 cm³/mol. The van der Waals surface area contributed by atoms with Crippen molar-refractivity contribution in [2.75, 3.05) is 13.1 Å². The van der Waals surface area contributed by atoms with Gasteiger partial charge in [0, 0.05) is 18.9 Å². The molecule has 0 bridgehead atoms. The van der Waals surface area contributed by atoms with Crippen molar-refractivity contribution >= 4 is 0 Å². The van der Waals surface area contributed by atoms with Gasteiger partial charge in [-0.2, -0.15) is 0 Å². The van der Waals surface area contributed by atoms with Crippen molar-refractivity contribution in [2.45, 2.75) is 19.3 Å². The molecule has 1 fully saturated rings. The van der Waals surface area contributed by atoms with E-state index in [1.54, 1.807) is 0 Å². The second-order valence-corrected chi connectivity index (χ2v) is 3.49. The molecular weight excluding hydrogens is 148 g/mol. The van der Waals surface area contributed by atoms with E-state index in [9.17, 15) is 0 Å². The van der Waals surface area contributed by atoms with Gasteiger partial charge in [-0.25, -0.2) is 0 Å². The summed E-state index contributed by atoms with van der Waals surface area (Å²) in [6, 6.07) is 2.24. The Bertz CT molecular complexity index is 264. The molecule has 1 aromatic heterocycles. The number of aromatic nitrogens is 1. The molecule has 1 unspecified atom stereocenters. The number of rotatable bonds is 1. The third-order valence-corrected chi connectivity index (χ3v) is 2.43. The summed E-state index contributed by atoms with van der Waals surface area (Å²) in [5.41, 5.74) is 2.65. The van der Waals surface area contributed by atoms with Crippen molar-refractivity contribution in [3.63, 3.8) is 0 Å². The smallest absolute Gasteiger partial charge is 0.0303 e. The minimum absolute atomic E-state index is 0.692. The highest BCUT2D eigenvalue weighted by Gasteiger charge is 2.16. The Morgan fingerprint density at radius 3 is 3.08 bits per heavy atom. The van der Waals surface area contributed by atoms with Crippen LogP contribution in [0.4, 0.5) is 0 Å². The molecule has 0 aromatic carbocycles. The zero-order valence-electron chi connectivity index (χ0n) is 7.38. The van der Waals surface area contributed by atoms with Crippen LogP contribution in [0.25, 0.3) is 0 Å². The standard InChI is InChI=1S/C10H14N2/c1-8-4-10(7-12-5-8)9-2-3-11-6-9/h4-5,7,9,11H,2-3,6H2,1H3. The fraction of sp³-hybridized carbons (Fsp3) is 0.500. The third kappa shape index (κ3) is 1.48. The van der Waals surface area contributed by atoms with E-state index in [1.807, 2.05) is 12.4 Å². The molecule has 2 heterocycles. The first-order valence-corrected chi connectivity index (χ1v) is 4.48. The van der Waals surface area contributed by atoms with Crippen molar-refractivity contribution in [1.29, 1.82) is 0 Å². The van der Waals surface area contributed by atoms with Crippen LogP contribution in [0.1, 0.15) is 23.5 Å². The second kappa shape index (κ2) is 3.23. The van der Waals surface area contributed by atoms with E-state index in [0.29, 0.717) is 5.92 Å². The summed E-state index contributed by atoms with van der Waals surface area (Å²) in [7, 11) is 0. The Kier molecular flexibility index (Phi) is 2.09.